The number of methoxy groups -OCH3 is 1. The van der Waals surface area contributed by atoms with Crippen LogP contribution in [0.3, 0.4) is 0 Å². The lowest BCUT2D eigenvalue weighted by Crippen LogP contribution is -2.43. The Labute approximate surface area is 118 Å². The fraction of sp³-hybridized carbons (Fsp3) is 0.643. The predicted octanol–water partition coefficient (Wildman–Crippen LogP) is 1.25. The summed E-state index contributed by atoms with van der Waals surface area (Å²) in [7, 11) is 1.38. The van der Waals surface area contributed by atoms with Gasteiger partial charge in [-0.1, -0.05) is 5.16 Å². The summed E-state index contributed by atoms with van der Waals surface area (Å²) in [6.07, 6.45) is 1.88. The SMILES string of the molecule is COC(=O)[C@H]1CCCN(C(=O)Cc2c(C)noc2C)C1. The molecule has 1 saturated heterocycles. The molecular formula is C14H20N2O4. The molecular weight excluding hydrogens is 260 g/mol. The monoisotopic (exact) mass is 280 g/mol. The molecule has 1 fully saturated rings. The van der Waals surface area contributed by atoms with E-state index in [1.54, 1.807) is 11.8 Å². The molecule has 1 amide bonds. The van der Waals surface area contributed by atoms with Gasteiger partial charge >= 0.3 is 5.97 Å². The molecule has 0 unspecified atom stereocenters. The van der Waals surface area contributed by atoms with Crippen molar-refractivity contribution in [2.75, 3.05) is 20.2 Å². The van der Waals surface area contributed by atoms with Crippen molar-refractivity contribution < 1.29 is 18.8 Å². The highest BCUT2D eigenvalue weighted by molar-refractivity contribution is 5.80. The van der Waals surface area contributed by atoms with Gasteiger partial charge in [0.15, 0.2) is 0 Å². The number of hydrogen-bond donors (Lipinski definition) is 0. The van der Waals surface area contributed by atoms with Crippen molar-refractivity contribution in [1.82, 2.24) is 10.1 Å². The molecule has 1 aromatic heterocycles. The van der Waals surface area contributed by atoms with Crippen molar-refractivity contribution in [3.05, 3.63) is 17.0 Å². The number of piperidine rings is 1. The Hall–Kier alpha value is -1.85. The van der Waals surface area contributed by atoms with Crippen molar-refractivity contribution in [3.8, 4) is 0 Å². The fourth-order valence-electron chi connectivity index (χ4n) is 2.58. The maximum absolute atomic E-state index is 12.3. The first-order valence-electron chi connectivity index (χ1n) is 6.80. The molecule has 0 N–H and O–H groups in total. The zero-order chi connectivity index (χ0) is 14.7. The Morgan fingerprint density at radius 1 is 1.45 bits per heavy atom. The van der Waals surface area contributed by atoms with E-state index in [4.69, 9.17) is 9.26 Å². The molecule has 0 aliphatic carbocycles. The van der Waals surface area contributed by atoms with Gasteiger partial charge in [-0.15, -0.1) is 0 Å². The Balaban J connectivity index is 2.00. The fourth-order valence-corrected chi connectivity index (χ4v) is 2.58. The number of nitrogens with zero attached hydrogens (tertiary/aromatic N) is 2. The first-order valence-corrected chi connectivity index (χ1v) is 6.80. The minimum Gasteiger partial charge on any atom is -0.469 e. The van der Waals surface area contributed by atoms with Crippen molar-refractivity contribution in [2.45, 2.75) is 33.1 Å². The van der Waals surface area contributed by atoms with Gasteiger partial charge in [-0.2, -0.15) is 0 Å². The van der Waals surface area contributed by atoms with E-state index in [0.29, 0.717) is 18.8 Å². The van der Waals surface area contributed by atoms with Crippen LogP contribution < -0.4 is 0 Å². The van der Waals surface area contributed by atoms with E-state index >= 15 is 0 Å². The highest BCUT2D eigenvalue weighted by Crippen LogP contribution is 2.20. The first-order chi connectivity index (χ1) is 9.52. The molecule has 20 heavy (non-hydrogen) atoms. The summed E-state index contributed by atoms with van der Waals surface area (Å²) < 4.78 is 9.83. The first kappa shape index (κ1) is 14.6. The van der Waals surface area contributed by atoms with E-state index in [1.165, 1.54) is 7.11 Å². The summed E-state index contributed by atoms with van der Waals surface area (Å²) in [6.45, 7) is 4.76. The Morgan fingerprint density at radius 2 is 2.20 bits per heavy atom. The van der Waals surface area contributed by atoms with Crippen LogP contribution in [0.4, 0.5) is 0 Å². The molecule has 1 atom stereocenters. The van der Waals surface area contributed by atoms with Gasteiger partial charge in [0.05, 0.1) is 25.1 Å². The maximum Gasteiger partial charge on any atom is 0.310 e. The van der Waals surface area contributed by atoms with Gasteiger partial charge in [-0.25, -0.2) is 0 Å². The number of carbonyl (C=O) groups excluding carboxylic acids is 2. The van der Waals surface area contributed by atoms with Gasteiger partial charge in [-0.05, 0) is 26.7 Å². The van der Waals surface area contributed by atoms with Crippen molar-refractivity contribution in [1.29, 1.82) is 0 Å². The standard InChI is InChI=1S/C14H20N2O4/c1-9-12(10(2)20-15-9)7-13(17)16-6-4-5-11(8-16)14(18)19-3/h11H,4-8H2,1-3H3/t11-/m0/s1. The second-order valence-electron chi connectivity index (χ2n) is 5.18. The maximum atomic E-state index is 12.3. The number of carbonyl (C=O) groups is 2. The molecule has 0 saturated carbocycles. The second-order valence-corrected chi connectivity index (χ2v) is 5.18. The van der Waals surface area contributed by atoms with Crippen molar-refractivity contribution in [3.63, 3.8) is 0 Å². The van der Waals surface area contributed by atoms with Crippen LogP contribution >= 0.6 is 0 Å². The third-order valence-corrected chi connectivity index (χ3v) is 3.82. The molecule has 2 heterocycles. The smallest absolute Gasteiger partial charge is 0.310 e. The van der Waals surface area contributed by atoms with E-state index in [1.807, 2.05) is 6.92 Å². The topological polar surface area (TPSA) is 72.6 Å². The van der Waals surface area contributed by atoms with Gasteiger partial charge in [0.1, 0.15) is 5.76 Å². The number of likely N-dealkylation sites (tertiary alicyclic amines) is 1. The van der Waals surface area contributed by atoms with Crippen LogP contribution in [0.15, 0.2) is 4.52 Å². The van der Waals surface area contributed by atoms with Crippen LogP contribution in [-0.2, 0) is 20.7 Å². The molecule has 1 aliphatic heterocycles. The number of aryl methyl sites for hydroxylation is 2. The quantitative estimate of drug-likeness (QED) is 0.779. The van der Waals surface area contributed by atoms with Crippen LogP contribution in [0.2, 0.25) is 0 Å². The lowest BCUT2D eigenvalue weighted by Gasteiger charge is -2.31. The lowest BCUT2D eigenvalue weighted by molar-refractivity contribution is -0.148. The van der Waals surface area contributed by atoms with E-state index in [0.717, 1.165) is 24.1 Å². The second kappa shape index (κ2) is 6.07. The van der Waals surface area contributed by atoms with Crippen molar-refractivity contribution >= 4 is 11.9 Å². The zero-order valence-corrected chi connectivity index (χ0v) is 12.1. The molecule has 1 aromatic rings. The molecule has 0 radical (unpaired) electrons. The molecule has 110 valence electrons. The molecule has 2 rings (SSSR count). The zero-order valence-electron chi connectivity index (χ0n) is 12.1. The van der Waals surface area contributed by atoms with Gasteiger partial charge < -0.3 is 14.2 Å². The number of amides is 1. The minimum atomic E-state index is -0.236. The Kier molecular flexibility index (Phi) is 4.42. The molecule has 6 nitrogen and oxygen atoms in total. The Bertz CT molecular complexity index is 490. The number of ether oxygens (including phenoxy) is 1. The summed E-state index contributed by atoms with van der Waals surface area (Å²) in [6, 6.07) is 0. The predicted molar refractivity (Wildman–Crippen MR) is 71.0 cm³/mol. The summed E-state index contributed by atoms with van der Waals surface area (Å²) in [4.78, 5) is 25.6. The van der Waals surface area contributed by atoms with E-state index < -0.39 is 0 Å². The van der Waals surface area contributed by atoms with Gasteiger partial charge in [0, 0.05) is 18.7 Å². The number of hydrogen-bond acceptors (Lipinski definition) is 5. The van der Waals surface area contributed by atoms with E-state index in [-0.39, 0.29) is 24.2 Å². The third-order valence-electron chi connectivity index (χ3n) is 3.82. The van der Waals surface area contributed by atoms with Crippen LogP contribution in [0.25, 0.3) is 0 Å². The average molecular weight is 280 g/mol. The highest BCUT2D eigenvalue weighted by atomic mass is 16.5. The lowest BCUT2D eigenvalue weighted by atomic mass is 9.97. The van der Waals surface area contributed by atoms with Gasteiger partial charge in [-0.3, -0.25) is 9.59 Å². The van der Waals surface area contributed by atoms with Crippen LogP contribution in [0.5, 0.6) is 0 Å². The van der Waals surface area contributed by atoms with Crippen LogP contribution in [0, 0.1) is 19.8 Å². The van der Waals surface area contributed by atoms with E-state index in [9.17, 15) is 9.59 Å². The summed E-state index contributed by atoms with van der Waals surface area (Å²) in [5.41, 5.74) is 1.59. The molecule has 1 aliphatic rings. The molecule has 0 aromatic carbocycles. The van der Waals surface area contributed by atoms with Crippen LogP contribution in [0.1, 0.15) is 29.9 Å². The number of rotatable bonds is 3. The van der Waals surface area contributed by atoms with Crippen LogP contribution in [-0.4, -0.2) is 42.1 Å². The number of esters is 1. The van der Waals surface area contributed by atoms with E-state index in [2.05, 4.69) is 5.16 Å². The Morgan fingerprint density at radius 3 is 2.80 bits per heavy atom. The summed E-state index contributed by atoms with van der Waals surface area (Å²) in [5, 5.41) is 3.85. The highest BCUT2D eigenvalue weighted by Gasteiger charge is 2.29. The molecule has 6 heteroatoms. The normalized spacial score (nSPS) is 18.9. The molecule has 0 spiro atoms. The van der Waals surface area contributed by atoms with Gasteiger partial charge in [0.25, 0.3) is 0 Å². The largest absolute Gasteiger partial charge is 0.469 e. The third kappa shape index (κ3) is 3.00. The van der Waals surface area contributed by atoms with Crippen molar-refractivity contribution in [2.24, 2.45) is 5.92 Å². The number of aromatic nitrogens is 1. The average Bonchev–Trinajstić information content (AvgIpc) is 2.78. The summed E-state index contributed by atoms with van der Waals surface area (Å²) >= 11 is 0. The minimum absolute atomic E-state index is 0.00741. The molecule has 0 bridgehead atoms. The van der Waals surface area contributed by atoms with Gasteiger partial charge in [0.2, 0.25) is 5.91 Å². The summed E-state index contributed by atoms with van der Waals surface area (Å²) in [5.74, 6) is 0.243.